The third-order valence-corrected chi connectivity index (χ3v) is 2.58. The van der Waals surface area contributed by atoms with Crippen LogP contribution in [0, 0.1) is 19.9 Å². The van der Waals surface area contributed by atoms with Gasteiger partial charge in [0.25, 0.3) is 0 Å². The number of hydrogen-bond acceptors (Lipinski definition) is 1. The zero-order valence-electron chi connectivity index (χ0n) is 9.12. The highest BCUT2D eigenvalue weighted by Crippen LogP contribution is 2.16. The average molecular weight is 199 g/mol. The summed E-state index contributed by atoms with van der Waals surface area (Å²) in [6.45, 7) is 4.72. The predicted molar refractivity (Wildman–Crippen MR) is 62.0 cm³/mol. The van der Waals surface area contributed by atoms with E-state index >= 15 is 0 Å². The molecule has 0 atom stereocenters. The molecule has 1 radical (unpaired) electrons. The molecule has 15 heavy (non-hydrogen) atoms. The zero-order valence-corrected chi connectivity index (χ0v) is 9.12. The Labute approximate surface area is 90.3 Å². The number of nitrogens with two attached hydrogens (primary N) is 1. The van der Waals surface area contributed by atoms with Crippen molar-refractivity contribution in [2.45, 2.75) is 20.4 Å². The maximum Gasteiger partial charge on any atom is 0.0458 e. The molecule has 1 aromatic heterocycles. The molecule has 0 amide bonds. The van der Waals surface area contributed by atoms with Gasteiger partial charge >= 0.3 is 0 Å². The summed E-state index contributed by atoms with van der Waals surface area (Å²) in [5, 5.41) is 0. The molecule has 0 saturated heterocycles. The summed E-state index contributed by atoms with van der Waals surface area (Å²) in [7, 11) is 0. The highest BCUT2D eigenvalue weighted by atomic mass is 15.0. The van der Waals surface area contributed by atoms with Gasteiger partial charge in [-0.3, -0.25) is 0 Å². The van der Waals surface area contributed by atoms with Gasteiger partial charge in [0.15, 0.2) is 0 Å². The van der Waals surface area contributed by atoms with Crippen LogP contribution >= 0.6 is 0 Å². The van der Waals surface area contributed by atoms with Crippen LogP contribution in [0.1, 0.15) is 17.0 Å². The number of aromatic nitrogens is 1. The van der Waals surface area contributed by atoms with Crippen molar-refractivity contribution in [2.24, 2.45) is 5.73 Å². The first kappa shape index (κ1) is 9.99. The fourth-order valence-corrected chi connectivity index (χ4v) is 1.82. The van der Waals surface area contributed by atoms with Gasteiger partial charge in [0.2, 0.25) is 0 Å². The van der Waals surface area contributed by atoms with Gasteiger partial charge in [-0.2, -0.15) is 0 Å². The summed E-state index contributed by atoms with van der Waals surface area (Å²) in [4.78, 5) is 0. The molecule has 2 heteroatoms. The maximum atomic E-state index is 5.63. The highest BCUT2D eigenvalue weighted by molar-refractivity contribution is 5.40. The smallest absolute Gasteiger partial charge is 0.0458 e. The molecule has 0 aliphatic carbocycles. The van der Waals surface area contributed by atoms with E-state index in [1.54, 1.807) is 0 Å². The van der Waals surface area contributed by atoms with Crippen LogP contribution in [0.15, 0.2) is 30.3 Å². The number of benzene rings is 1. The summed E-state index contributed by atoms with van der Waals surface area (Å²) in [6, 6.07) is 13.5. The number of aryl methyl sites for hydroxylation is 2. The molecule has 2 N–H and O–H groups in total. The number of rotatable bonds is 2. The first-order chi connectivity index (χ1) is 7.22. The first-order valence-electron chi connectivity index (χ1n) is 5.08. The summed E-state index contributed by atoms with van der Waals surface area (Å²) in [5.74, 6) is 0. The van der Waals surface area contributed by atoms with E-state index in [4.69, 9.17) is 5.73 Å². The fourth-order valence-electron chi connectivity index (χ4n) is 1.82. The van der Waals surface area contributed by atoms with E-state index < -0.39 is 0 Å². The predicted octanol–water partition coefficient (Wildman–Crippen LogP) is 2.35. The third-order valence-electron chi connectivity index (χ3n) is 2.58. The van der Waals surface area contributed by atoms with Crippen LogP contribution in [0.5, 0.6) is 0 Å². The van der Waals surface area contributed by atoms with Crippen molar-refractivity contribution in [3.8, 4) is 5.69 Å². The second kappa shape index (κ2) is 3.91. The SMILES string of the molecule is Cc1[c]cc(C)n1-c1cccc(CN)c1. The lowest BCUT2D eigenvalue weighted by Crippen LogP contribution is -2.01. The van der Waals surface area contributed by atoms with Crippen LogP contribution in [0.25, 0.3) is 5.69 Å². The Morgan fingerprint density at radius 1 is 1.33 bits per heavy atom. The lowest BCUT2D eigenvalue weighted by molar-refractivity contribution is 0.955. The van der Waals surface area contributed by atoms with Crippen molar-refractivity contribution in [1.29, 1.82) is 0 Å². The van der Waals surface area contributed by atoms with Crippen molar-refractivity contribution in [1.82, 2.24) is 4.57 Å². The van der Waals surface area contributed by atoms with Crippen molar-refractivity contribution < 1.29 is 0 Å². The largest absolute Gasteiger partial charge is 0.326 e. The summed E-state index contributed by atoms with van der Waals surface area (Å²) in [5.41, 5.74) is 10.3. The Hall–Kier alpha value is -1.54. The average Bonchev–Trinajstić information content (AvgIpc) is 2.59. The fraction of sp³-hybridized carbons (Fsp3) is 0.231. The molecule has 0 aliphatic heterocycles. The molecule has 2 rings (SSSR count). The minimum Gasteiger partial charge on any atom is -0.326 e. The molecule has 2 nitrogen and oxygen atoms in total. The van der Waals surface area contributed by atoms with Crippen LogP contribution in [0.3, 0.4) is 0 Å². The van der Waals surface area contributed by atoms with Gasteiger partial charge in [-0.15, -0.1) is 0 Å². The Balaban J connectivity index is 2.53. The van der Waals surface area contributed by atoms with E-state index in [0.29, 0.717) is 6.54 Å². The molecular formula is C13H15N2. The molecule has 2 aromatic rings. The maximum absolute atomic E-state index is 5.63. The Morgan fingerprint density at radius 2 is 2.13 bits per heavy atom. The normalized spacial score (nSPS) is 10.6. The molecule has 0 saturated carbocycles. The van der Waals surface area contributed by atoms with Gasteiger partial charge in [-0.05, 0) is 37.6 Å². The molecule has 0 aliphatic rings. The lowest BCUT2D eigenvalue weighted by atomic mass is 10.2. The van der Waals surface area contributed by atoms with Crippen molar-refractivity contribution in [3.63, 3.8) is 0 Å². The van der Waals surface area contributed by atoms with Crippen LogP contribution in [-0.4, -0.2) is 4.57 Å². The monoisotopic (exact) mass is 199 g/mol. The third kappa shape index (κ3) is 1.81. The first-order valence-corrected chi connectivity index (χ1v) is 5.08. The molecule has 1 aromatic carbocycles. The standard InChI is InChI=1S/C13H15N2/c1-10-6-7-11(2)15(10)13-5-3-4-12(8-13)9-14/h3-6,8H,9,14H2,1-2H3. The van der Waals surface area contributed by atoms with Gasteiger partial charge in [0.05, 0.1) is 0 Å². The van der Waals surface area contributed by atoms with Gasteiger partial charge in [0.1, 0.15) is 0 Å². The highest BCUT2D eigenvalue weighted by Gasteiger charge is 2.03. The van der Waals surface area contributed by atoms with Crippen LogP contribution in [0.2, 0.25) is 0 Å². The Morgan fingerprint density at radius 3 is 2.73 bits per heavy atom. The van der Waals surface area contributed by atoms with Gasteiger partial charge in [0, 0.05) is 29.7 Å². The van der Waals surface area contributed by atoms with Gasteiger partial charge < -0.3 is 10.3 Å². The second-order valence-electron chi connectivity index (χ2n) is 3.72. The summed E-state index contributed by atoms with van der Waals surface area (Å²) < 4.78 is 2.18. The van der Waals surface area contributed by atoms with E-state index in [1.807, 2.05) is 18.2 Å². The molecule has 1 heterocycles. The molecule has 77 valence electrons. The molecule has 0 bridgehead atoms. The quantitative estimate of drug-likeness (QED) is 0.790. The lowest BCUT2D eigenvalue weighted by Gasteiger charge is -2.10. The van der Waals surface area contributed by atoms with Crippen LogP contribution < -0.4 is 5.73 Å². The van der Waals surface area contributed by atoms with E-state index in [0.717, 1.165) is 16.9 Å². The zero-order chi connectivity index (χ0) is 10.8. The molecule has 0 spiro atoms. The van der Waals surface area contributed by atoms with Crippen molar-refractivity contribution >= 4 is 0 Å². The van der Waals surface area contributed by atoms with Crippen molar-refractivity contribution in [2.75, 3.05) is 0 Å². The van der Waals surface area contributed by atoms with E-state index in [9.17, 15) is 0 Å². The number of hydrogen-bond donors (Lipinski definition) is 1. The molecule has 0 unspecified atom stereocenters. The Kier molecular flexibility index (Phi) is 2.60. The van der Waals surface area contributed by atoms with E-state index in [1.165, 1.54) is 5.69 Å². The Bertz CT molecular complexity index is 450. The van der Waals surface area contributed by atoms with E-state index in [2.05, 4.69) is 36.6 Å². The van der Waals surface area contributed by atoms with Crippen molar-refractivity contribution in [3.05, 3.63) is 53.3 Å². The summed E-state index contributed by atoms with van der Waals surface area (Å²) >= 11 is 0. The number of nitrogens with zero attached hydrogens (tertiary/aromatic N) is 1. The molecular weight excluding hydrogens is 184 g/mol. The minimum atomic E-state index is 0.580. The van der Waals surface area contributed by atoms with Gasteiger partial charge in [-0.25, -0.2) is 0 Å². The molecule has 0 fully saturated rings. The van der Waals surface area contributed by atoms with E-state index in [-0.39, 0.29) is 0 Å². The van der Waals surface area contributed by atoms with Gasteiger partial charge in [-0.1, -0.05) is 12.1 Å². The minimum absolute atomic E-state index is 0.580. The topological polar surface area (TPSA) is 30.9 Å². The second-order valence-corrected chi connectivity index (χ2v) is 3.72. The summed E-state index contributed by atoms with van der Waals surface area (Å²) in [6.07, 6.45) is 0. The van der Waals surface area contributed by atoms with Crippen LogP contribution in [0.4, 0.5) is 0 Å². The van der Waals surface area contributed by atoms with Crippen LogP contribution in [-0.2, 0) is 6.54 Å².